The van der Waals surface area contributed by atoms with E-state index in [1.165, 1.54) is 18.3 Å². The second-order valence-corrected chi connectivity index (χ2v) is 10.9. The van der Waals surface area contributed by atoms with Gasteiger partial charge in [-0.2, -0.15) is 18.4 Å². The second-order valence-electron chi connectivity index (χ2n) is 10.9. The van der Waals surface area contributed by atoms with Crippen molar-refractivity contribution < 1.29 is 32.2 Å². The van der Waals surface area contributed by atoms with Crippen LogP contribution in [0.5, 0.6) is 5.75 Å². The van der Waals surface area contributed by atoms with Gasteiger partial charge in [0.15, 0.2) is 0 Å². The Morgan fingerprint density at radius 1 is 1.00 bits per heavy atom. The lowest BCUT2D eigenvalue weighted by atomic mass is 10.1. The molecule has 0 radical (unpaired) electrons. The Balaban J connectivity index is 1.23. The number of amides is 3. The standard InChI is InChI=1S/C28H33F3N6O4/c1-27(2,3)41-26(39)37-10-8-21(9-11-37)40-22-6-7-24(33-18-22)34-25(38)36-14-12-35(13-15-36)20-5-4-19(17-32)23(16-20)28(29,30)31/h4-7,16,18,21H,8-15H2,1-3H3,(H,33,34,38). The maximum atomic E-state index is 13.3. The van der Waals surface area contributed by atoms with Gasteiger partial charge in [-0.3, -0.25) is 5.32 Å². The van der Waals surface area contributed by atoms with E-state index in [-0.39, 0.29) is 18.2 Å². The fourth-order valence-corrected chi connectivity index (χ4v) is 4.62. The fourth-order valence-electron chi connectivity index (χ4n) is 4.62. The van der Waals surface area contributed by atoms with Crippen LogP contribution in [0.1, 0.15) is 44.7 Å². The van der Waals surface area contributed by atoms with E-state index in [0.29, 0.717) is 69.4 Å². The van der Waals surface area contributed by atoms with Gasteiger partial charge in [-0.25, -0.2) is 14.6 Å². The van der Waals surface area contributed by atoms with Gasteiger partial charge in [-0.05, 0) is 51.1 Å². The molecule has 3 amide bonds. The largest absolute Gasteiger partial charge is 0.489 e. The van der Waals surface area contributed by atoms with Crippen molar-refractivity contribution in [3.05, 3.63) is 47.7 Å². The summed E-state index contributed by atoms with van der Waals surface area (Å²) in [5.41, 5.74) is -1.59. The second kappa shape index (κ2) is 12.1. The minimum absolute atomic E-state index is 0.0736. The Morgan fingerprint density at radius 3 is 2.24 bits per heavy atom. The Kier molecular flexibility index (Phi) is 8.80. The summed E-state index contributed by atoms with van der Waals surface area (Å²) >= 11 is 0. The molecule has 4 rings (SSSR count). The van der Waals surface area contributed by atoms with Gasteiger partial charge in [0.05, 0.1) is 23.4 Å². The van der Waals surface area contributed by atoms with Gasteiger partial charge in [0.25, 0.3) is 0 Å². The third kappa shape index (κ3) is 7.93. The van der Waals surface area contributed by atoms with E-state index in [1.54, 1.807) is 32.9 Å². The smallest absolute Gasteiger partial charge is 0.417 e. The molecule has 2 fully saturated rings. The van der Waals surface area contributed by atoms with Crippen LogP contribution in [0.2, 0.25) is 0 Å². The summed E-state index contributed by atoms with van der Waals surface area (Å²) in [6.45, 7) is 7.83. The molecule has 3 heterocycles. The lowest BCUT2D eigenvalue weighted by molar-refractivity contribution is -0.137. The highest BCUT2D eigenvalue weighted by molar-refractivity contribution is 5.88. The predicted molar refractivity (Wildman–Crippen MR) is 145 cm³/mol. The van der Waals surface area contributed by atoms with Gasteiger partial charge < -0.3 is 24.2 Å². The van der Waals surface area contributed by atoms with Gasteiger partial charge >= 0.3 is 18.3 Å². The van der Waals surface area contributed by atoms with Gasteiger partial charge in [0.2, 0.25) is 0 Å². The zero-order valence-corrected chi connectivity index (χ0v) is 23.2. The van der Waals surface area contributed by atoms with Gasteiger partial charge in [-0.1, -0.05) is 0 Å². The number of piperazine rings is 1. The van der Waals surface area contributed by atoms with Crippen LogP contribution in [-0.4, -0.2) is 77.9 Å². The molecule has 0 spiro atoms. The quantitative estimate of drug-likeness (QED) is 0.541. The maximum Gasteiger partial charge on any atom is 0.417 e. The third-order valence-electron chi connectivity index (χ3n) is 6.73. The molecule has 0 atom stereocenters. The number of pyridine rings is 1. The number of likely N-dealkylation sites (tertiary alicyclic amines) is 1. The Labute approximate surface area is 236 Å². The van der Waals surface area contributed by atoms with Gasteiger partial charge in [-0.15, -0.1) is 0 Å². The van der Waals surface area contributed by atoms with E-state index in [4.69, 9.17) is 14.7 Å². The fraction of sp³-hybridized carbons (Fsp3) is 0.500. The van der Waals surface area contributed by atoms with E-state index in [1.807, 2.05) is 20.8 Å². The average molecular weight is 575 g/mol. The lowest BCUT2D eigenvalue weighted by Gasteiger charge is -2.36. The van der Waals surface area contributed by atoms with Crippen molar-refractivity contribution >= 4 is 23.6 Å². The van der Waals surface area contributed by atoms with Crippen LogP contribution >= 0.6 is 0 Å². The number of ether oxygens (including phenoxy) is 2. The topological polar surface area (TPSA) is 111 Å². The van der Waals surface area contributed by atoms with E-state index in [0.717, 1.165) is 6.07 Å². The molecule has 220 valence electrons. The summed E-state index contributed by atoms with van der Waals surface area (Å²) < 4.78 is 51.4. The number of anilines is 2. The van der Waals surface area contributed by atoms with Crippen molar-refractivity contribution in [2.75, 3.05) is 49.5 Å². The molecule has 0 bridgehead atoms. The normalized spacial score (nSPS) is 16.7. The van der Waals surface area contributed by atoms with Crippen molar-refractivity contribution in [1.82, 2.24) is 14.8 Å². The molecule has 0 saturated carbocycles. The van der Waals surface area contributed by atoms with Crippen LogP contribution in [0.15, 0.2) is 36.5 Å². The Morgan fingerprint density at radius 2 is 1.68 bits per heavy atom. The molecule has 41 heavy (non-hydrogen) atoms. The number of hydrogen-bond acceptors (Lipinski definition) is 7. The number of piperidine rings is 1. The number of nitrogens with zero attached hydrogens (tertiary/aromatic N) is 5. The number of hydrogen-bond donors (Lipinski definition) is 1. The van der Waals surface area contributed by atoms with Crippen LogP contribution < -0.4 is 15.0 Å². The van der Waals surface area contributed by atoms with Crippen LogP contribution in [-0.2, 0) is 10.9 Å². The molecule has 2 saturated heterocycles. The highest BCUT2D eigenvalue weighted by atomic mass is 19.4. The molecule has 0 unspecified atom stereocenters. The van der Waals surface area contributed by atoms with Crippen molar-refractivity contribution in [3.63, 3.8) is 0 Å². The van der Waals surface area contributed by atoms with Crippen molar-refractivity contribution in [2.45, 2.75) is 51.5 Å². The number of nitriles is 1. The first-order chi connectivity index (χ1) is 19.3. The summed E-state index contributed by atoms with van der Waals surface area (Å²) in [6.07, 6.45) is -2.19. The number of benzene rings is 1. The highest BCUT2D eigenvalue weighted by Crippen LogP contribution is 2.34. The summed E-state index contributed by atoms with van der Waals surface area (Å²) in [7, 11) is 0. The van der Waals surface area contributed by atoms with E-state index >= 15 is 0 Å². The molecule has 2 aliphatic rings. The van der Waals surface area contributed by atoms with Crippen LogP contribution in [0.25, 0.3) is 0 Å². The Hall–Kier alpha value is -4.21. The number of carbonyl (C=O) groups is 2. The van der Waals surface area contributed by atoms with Crippen molar-refractivity contribution in [2.24, 2.45) is 0 Å². The van der Waals surface area contributed by atoms with E-state index in [9.17, 15) is 22.8 Å². The molecule has 0 aliphatic carbocycles. The minimum atomic E-state index is -4.63. The van der Waals surface area contributed by atoms with Gasteiger partial charge in [0.1, 0.15) is 23.3 Å². The number of nitrogens with one attached hydrogen (secondary N) is 1. The molecule has 2 aromatic rings. The predicted octanol–water partition coefficient (Wildman–Crippen LogP) is 5.10. The highest BCUT2D eigenvalue weighted by Gasteiger charge is 2.34. The molecular formula is C28H33F3N6O4. The zero-order valence-electron chi connectivity index (χ0n) is 23.2. The molecule has 13 heteroatoms. The molecule has 1 N–H and O–H groups in total. The summed E-state index contributed by atoms with van der Waals surface area (Å²) in [5, 5.41) is 11.7. The Bertz CT molecular complexity index is 1270. The number of urea groups is 1. The lowest BCUT2D eigenvalue weighted by Crippen LogP contribution is -2.50. The zero-order chi connectivity index (χ0) is 29.8. The monoisotopic (exact) mass is 574 g/mol. The number of rotatable bonds is 4. The van der Waals surface area contributed by atoms with E-state index in [2.05, 4.69) is 10.3 Å². The van der Waals surface area contributed by atoms with Gasteiger partial charge in [0, 0.05) is 57.8 Å². The maximum absolute atomic E-state index is 13.3. The summed E-state index contributed by atoms with van der Waals surface area (Å²) in [6, 6.07) is 8.20. The van der Waals surface area contributed by atoms with Crippen molar-refractivity contribution in [1.29, 1.82) is 5.26 Å². The first-order valence-electron chi connectivity index (χ1n) is 13.4. The summed E-state index contributed by atoms with van der Waals surface area (Å²) in [5.74, 6) is 0.888. The van der Waals surface area contributed by atoms with E-state index < -0.39 is 22.9 Å². The average Bonchev–Trinajstić information content (AvgIpc) is 2.93. The van der Waals surface area contributed by atoms with Crippen LogP contribution in [0.3, 0.4) is 0 Å². The molecule has 10 nitrogen and oxygen atoms in total. The first kappa shape index (κ1) is 29.8. The number of alkyl halides is 3. The molecule has 1 aromatic heterocycles. The molecular weight excluding hydrogens is 541 g/mol. The summed E-state index contributed by atoms with van der Waals surface area (Å²) in [4.78, 5) is 34.2. The first-order valence-corrected chi connectivity index (χ1v) is 13.4. The van der Waals surface area contributed by atoms with Crippen LogP contribution in [0, 0.1) is 11.3 Å². The molecule has 2 aliphatic heterocycles. The SMILES string of the molecule is CC(C)(C)OC(=O)N1CCC(Oc2ccc(NC(=O)N3CCN(c4ccc(C#N)c(C(F)(F)F)c4)CC3)nc2)CC1. The number of carbonyl (C=O) groups excluding carboxylic acids is 2. The number of aromatic nitrogens is 1. The number of halogens is 3. The minimum Gasteiger partial charge on any atom is -0.489 e. The van der Waals surface area contributed by atoms with Crippen LogP contribution in [0.4, 0.5) is 34.3 Å². The molecule has 1 aromatic carbocycles. The van der Waals surface area contributed by atoms with Crippen molar-refractivity contribution in [3.8, 4) is 11.8 Å². The third-order valence-corrected chi connectivity index (χ3v) is 6.73.